The number of aromatic nitrogens is 1. The van der Waals surface area contributed by atoms with Crippen LogP contribution in [0, 0.1) is 6.92 Å². The van der Waals surface area contributed by atoms with E-state index in [1.807, 2.05) is 6.92 Å². The van der Waals surface area contributed by atoms with Crippen molar-refractivity contribution in [2.24, 2.45) is 0 Å². The molecule has 1 aromatic rings. The molecule has 2 rings (SSSR count). The number of hydrogen-bond donors (Lipinski definition) is 1. The van der Waals surface area contributed by atoms with Gasteiger partial charge in [0.15, 0.2) is 5.13 Å². The van der Waals surface area contributed by atoms with Gasteiger partial charge < -0.3 is 5.32 Å². The maximum absolute atomic E-state index is 4.30. The molecule has 0 atom stereocenters. The Balaban J connectivity index is 2.03. The first-order valence-electron chi connectivity index (χ1n) is 3.53. The number of anilines is 1. The Labute approximate surface area is 64.3 Å². The van der Waals surface area contributed by atoms with E-state index in [9.17, 15) is 0 Å². The van der Waals surface area contributed by atoms with Crippen LogP contribution in [0.15, 0.2) is 5.38 Å². The van der Waals surface area contributed by atoms with Crippen molar-refractivity contribution in [1.29, 1.82) is 0 Å². The smallest absolute Gasteiger partial charge is 0.183 e. The highest BCUT2D eigenvalue weighted by Crippen LogP contribution is 2.26. The summed E-state index contributed by atoms with van der Waals surface area (Å²) in [7, 11) is 0. The molecule has 10 heavy (non-hydrogen) atoms. The quantitative estimate of drug-likeness (QED) is 0.705. The Morgan fingerprint density at radius 2 is 2.50 bits per heavy atom. The van der Waals surface area contributed by atoms with Crippen molar-refractivity contribution in [3.63, 3.8) is 0 Å². The van der Waals surface area contributed by atoms with Gasteiger partial charge >= 0.3 is 0 Å². The number of rotatable bonds is 2. The van der Waals surface area contributed by atoms with Crippen LogP contribution in [0.2, 0.25) is 0 Å². The molecule has 0 bridgehead atoms. The SMILES string of the molecule is Cc1csc(NC2CC2)n1. The van der Waals surface area contributed by atoms with Crippen molar-refractivity contribution >= 4 is 16.5 Å². The maximum Gasteiger partial charge on any atom is 0.183 e. The topological polar surface area (TPSA) is 24.9 Å². The highest BCUT2D eigenvalue weighted by Gasteiger charge is 2.21. The zero-order valence-electron chi connectivity index (χ0n) is 5.92. The summed E-state index contributed by atoms with van der Waals surface area (Å²) in [5, 5.41) is 6.50. The lowest BCUT2D eigenvalue weighted by Gasteiger charge is -1.94. The third kappa shape index (κ3) is 1.29. The molecule has 0 aromatic carbocycles. The van der Waals surface area contributed by atoms with Gasteiger partial charge in [-0.15, -0.1) is 11.3 Å². The van der Waals surface area contributed by atoms with E-state index in [1.54, 1.807) is 11.3 Å². The second kappa shape index (κ2) is 2.23. The van der Waals surface area contributed by atoms with Crippen molar-refractivity contribution < 1.29 is 0 Å². The molecule has 1 fully saturated rings. The van der Waals surface area contributed by atoms with Crippen LogP contribution in [0.25, 0.3) is 0 Å². The molecule has 3 heteroatoms. The van der Waals surface area contributed by atoms with Crippen LogP contribution >= 0.6 is 11.3 Å². The van der Waals surface area contributed by atoms with E-state index in [-0.39, 0.29) is 0 Å². The molecule has 0 spiro atoms. The molecule has 1 aromatic heterocycles. The van der Waals surface area contributed by atoms with Crippen molar-refractivity contribution in [3.8, 4) is 0 Å². The monoisotopic (exact) mass is 154 g/mol. The highest BCUT2D eigenvalue weighted by molar-refractivity contribution is 7.13. The fraction of sp³-hybridized carbons (Fsp3) is 0.571. The molecule has 54 valence electrons. The lowest BCUT2D eigenvalue weighted by Crippen LogP contribution is -1.99. The minimum atomic E-state index is 0.727. The predicted molar refractivity (Wildman–Crippen MR) is 43.5 cm³/mol. The summed E-state index contributed by atoms with van der Waals surface area (Å²) in [5.41, 5.74) is 1.12. The Bertz CT molecular complexity index is 227. The molecule has 0 aliphatic heterocycles. The summed E-state index contributed by atoms with van der Waals surface area (Å²) in [6, 6.07) is 0.727. The fourth-order valence-electron chi connectivity index (χ4n) is 0.823. The molecule has 0 saturated heterocycles. The van der Waals surface area contributed by atoms with Crippen LogP contribution in [0.1, 0.15) is 18.5 Å². The minimum absolute atomic E-state index is 0.727. The summed E-state index contributed by atoms with van der Waals surface area (Å²) in [6.45, 7) is 2.02. The predicted octanol–water partition coefficient (Wildman–Crippen LogP) is 2.03. The molecule has 2 nitrogen and oxygen atoms in total. The summed E-state index contributed by atoms with van der Waals surface area (Å²) in [6.07, 6.45) is 2.64. The number of hydrogen-bond acceptors (Lipinski definition) is 3. The summed E-state index contributed by atoms with van der Waals surface area (Å²) in [5.74, 6) is 0. The third-order valence-electron chi connectivity index (χ3n) is 1.52. The van der Waals surface area contributed by atoms with Crippen LogP contribution in [-0.2, 0) is 0 Å². The highest BCUT2D eigenvalue weighted by atomic mass is 32.1. The van der Waals surface area contributed by atoms with Gasteiger partial charge in [-0.1, -0.05) is 0 Å². The lowest BCUT2D eigenvalue weighted by molar-refractivity contribution is 1.12. The van der Waals surface area contributed by atoms with E-state index in [2.05, 4.69) is 15.7 Å². The van der Waals surface area contributed by atoms with E-state index in [0.717, 1.165) is 16.9 Å². The van der Waals surface area contributed by atoms with Crippen LogP contribution in [0.5, 0.6) is 0 Å². The minimum Gasteiger partial charge on any atom is -0.359 e. The number of aryl methyl sites for hydroxylation is 1. The maximum atomic E-state index is 4.30. The van der Waals surface area contributed by atoms with Gasteiger partial charge in [-0.2, -0.15) is 0 Å². The molecule has 1 aliphatic carbocycles. The van der Waals surface area contributed by atoms with Crippen molar-refractivity contribution in [2.45, 2.75) is 25.8 Å². The summed E-state index contributed by atoms with van der Waals surface area (Å²) >= 11 is 1.70. The molecule has 1 heterocycles. The van der Waals surface area contributed by atoms with Gasteiger partial charge in [0.05, 0.1) is 5.69 Å². The first-order valence-corrected chi connectivity index (χ1v) is 4.41. The van der Waals surface area contributed by atoms with Crippen LogP contribution in [0.4, 0.5) is 5.13 Å². The van der Waals surface area contributed by atoms with Crippen LogP contribution in [-0.4, -0.2) is 11.0 Å². The van der Waals surface area contributed by atoms with Crippen molar-refractivity contribution in [3.05, 3.63) is 11.1 Å². The Kier molecular flexibility index (Phi) is 1.38. The molecule has 1 aliphatic rings. The van der Waals surface area contributed by atoms with Gasteiger partial charge in [0.1, 0.15) is 0 Å². The average molecular weight is 154 g/mol. The number of thiazole rings is 1. The zero-order chi connectivity index (χ0) is 6.97. The zero-order valence-corrected chi connectivity index (χ0v) is 6.74. The number of nitrogens with one attached hydrogen (secondary N) is 1. The summed E-state index contributed by atoms with van der Waals surface area (Å²) < 4.78 is 0. The molecule has 0 unspecified atom stereocenters. The first-order chi connectivity index (χ1) is 4.84. The fourth-order valence-corrected chi connectivity index (χ4v) is 1.59. The van der Waals surface area contributed by atoms with Crippen LogP contribution < -0.4 is 5.32 Å². The van der Waals surface area contributed by atoms with E-state index >= 15 is 0 Å². The molecule has 1 saturated carbocycles. The van der Waals surface area contributed by atoms with Crippen molar-refractivity contribution in [2.75, 3.05) is 5.32 Å². The summed E-state index contributed by atoms with van der Waals surface area (Å²) in [4.78, 5) is 4.30. The first kappa shape index (κ1) is 6.16. The Hall–Kier alpha value is -0.570. The van der Waals surface area contributed by atoms with Gasteiger partial charge in [-0.25, -0.2) is 4.98 Å². The lowest BCUT2D eigenvalue weighted by atomic mass is 10.6. The van der Waals surface area contributed by atoms with E-state index in [0.29, 0.717) is 0 Å². The normalized spacial score (nSPS) is 17.3. The van der Waals surface area contributed by atoms with E-state index < -0.39 is 0 Å². The Morgan fingerprint density at radius 1 is 1.70 bits per heavy atom. The van der Waals surface area contributed by atoms with E-state index in [1.165, 1.54) is 12.8 Å². The van der Waals surface area contributed by atoms with E-state index in [4.69, 9.17) is 0 Å². The second-order valence-electron chi connectivity index (χ2n) is 2.71. The average Bonchev–Trinajstić information content (AvgIpc) is 2.59. The standard InChI is InChI=1S/C7H10N2S/c1-5-4-10-7(8-5)9-6-2-3-6/h4,6H,2-3H2,1H3,(H,8,9). The molecule has 1 N–H and O–H groups in total. The van der Waals surface area contributed by atoms with Gasteiger partial charge in [0.25, 0.3) is 0 Å². The van der Waals surface area contributed by atoms with Crippen molar-refractivity contribution in [1.82, 2.24) is 4.98 Å². The molecular weight excluding hydrogens is 144 g/mol. The van der Waals surface area contributed by atoms with Gasteiger partial charge in [-0.05, 0) is 19.8 Å². The molecular formula is C7H10N2S. The van der Waals surface area contributed by atoms with Gasteiger partial charge in [-0.3, -0.25) is 0 Å². The second-order valence-corrected chi connectivity index (χ2v) is 3.57. The Morgan fingerprint density at radius 3 is 3.00 bits per heavy atom. The largest absolute Gasteiger partial charge is 0.359 e. The van der Waals surface area contributed by atoms with Gasteiger partial charge in [0.2, 0.25) is 0 Å². The third-order valence-corrected chi connectivity index (χ3v) is 2.42. The number of nitrogens with zero attached hydrogens (tertiary/aromatic N) is 1. The van der Waals surface area contributed by atoms with Crippen LogP contribution in [0.3, 0.4) is 0 Å². The van der Waals surface area contributed by atoms with Gasteiger partial charge in [0, 0.05) is 11.4 Å². The molecule has 0 radical (unpaired) electrons. The molecule has 0 amide bonds.